The first-order valence-electron chi connectivity index (χ1n) is 8.02. The molecular weight excluding hydrogens is 262 g/mol. The molecule has 1 aliphatic carbocycles. The number of piperidine rings is 2. The van der Waals surface area contributed by atoms with Crippen LogP contribution >= 0.6 is 0 Å². The van der Waals surface area contributed by atoms with Crippen LogP contribution in [0.1, 0.15) is 18.4 Å². The minimum absolute atomic E-state index is 0.0549. The Morgan fingerprint density at radius 2 is 1.81 bits per heavy atom. The lowest BCUT2D eigenvalue weighted by atomic mass is 9.65. The van der Waals surface area contributed by atoms with E-state index >= 15 is 0 Å². The molecule has 1 amide bonds. The molecule has 3 atom stereocenters. The van der Waals surface area contributed by atoms with Gasteiger partial charge in [0.1, 0.15) is 0 Å². The van der Waals surface area contributed by atoms with Crippen LogP contribution in [-0.2, 0) is 11.3 Å². The Kier molecular flexibility index (Phi) is 3.23. The van der Waals surface area contributed by atoms with Crippen LogP contribution in [0.5, 0.6) is 0 Å². The van der Waals surface area contributed by atoms with E-state index in [4.69, 9.17) is 5.73 Å². The van der Waals surface area contributed by atoms with Crippen molar-refractivity contribution in [2.45, 2.75) is 31.5 Å². The van der Waals surface area contributed by atoms with Gasteiger partial charge in [-0.15, -0.1) is 0 Å². The summed E-state index contributed by atoms with van der Waals surface area (Å²) in [6.45, 7) is 4.05. The van der Waals surface area contributed by atoms with Gasteiger partial charge >= 0.3 is 0 Å². The van der Waals surface area contributed by atoms with Crippen LogP contribution in [0.3, 0.4) is 0 Å². The highest BCUT2D eigenvalue weighted by molar-refractivity contribution is 5.79. The molecular formula is C17H23N3O. The summed E-state index contributed by atoms with van der Waals surface area (Å²) in [5.74, 6) is 1.59. The Morgan fingerprint density at radius 1 is 1.10 bits per heavy atom. The van der Waals surface area contributed by atoms with Crippen molar-refractivity contribution in [3.63, 3.8) is 0 Å². The van der Waals surface area contributed by atoms with Gasteiger partial charge in [0, 0.05) is 44.7 Å². The Bertz CT molecular complexity index is 520. The molecule has 3 saturated heterocycles. The van der Waals surface area contributed by atoms with Crippen molar-refractivity contribution < 1.29 is 4.79 Å². The number of nitrogens with two attached hydrogens (primary N) is 1. The van der Waals surface area contributed by atoms with E-state index in [1.54, 1.807) is 0 Å². The van der Waals surface area contributed by atoms with Crippen LogP contribution in [0.4, 0.5) is 0 Å². The van der Waals surface area contributed by atoms with Gasteiger partial charge in [-0.05, 0) is 23.8 Å². The zero-order chi connectivity index (χ0) is 14.4. The molecule has 2 bridgehead atoms. The fourth-order valence-electron chi connectivity index (χ4n) is 4.49. The summed E-state index contributed by atoms with van der Waals surface area (Å²) in [6.07, 6.45) is 1.83. The second-order valence-corrected chi connectivity index (χ2v) is 6.94. The van der Waals surface area contributed by atoms with Crippen molar-refractivity contribution >= 4 is 5.91 Å². The molecule has 1 aromatic rings. The lowest BCUT2D eigenvalue weighted by molar-refractivity contribution is -0.141. The summed E-state index contributed by atoms with van der Waals surface area (Å²) in [5, 5.41) is 0. The van der Waals surface area contributed by atoms with Crippen molar-refractivity contribution in [1.82, 2.24) is 9.80 Å². The molecule has 0 spiro atoms. The summed E-state index contributed by atoms with van der Waals surface area (Å²) in [7, 11) is 0. The fraction of sp³-hybridized carbons (Fsp3) is 0.588. The third kappa shape index (κ3) is 2.36. The molecule has 1 saturated carbocycles. The molecule has 5 rings (SSSR count). The quantitative estimate of drug-likeness (QED) is 0.903. The third-order valence-corrected chi connectivity index (χ3v) is 5.35. The van der Waals surface area contributed by atoms with Crippen molar-refractivity contribution in [2.24, 2.45) is 17.6 Å². The Balaban J connectivity index is 1.39. The number of amides is 1. The molecule has 3 aliphatic heterocycles. The molecule has 0 aromatic heterocycles. The van der Waals surface area contributed by atoms with Crippen LogP contribution in [0.25, 0.3) is 0 Å². The molecule has 21 heavy (non-hydrogen) atoms. The number of carbonyl (C=O) groups excluding carboxylic acids is 1. The number of carbonyl (C=O) groups is 1. The van der Waals surface area contributed by atoms with Crippen LogP contribution in [-0.4, -0.2) is 47.4 Å². The van der Waals surface area contributed by atoms with Gasteiger partial charge < -0.3 is 10.6 Å². The Hall–Kier alpha value is -1.39. The van der Waals surface area contributed by atoms with Gasteiger partial charge in [-0.2, -0.15) is 0 Å². The first-order valence-corrected chi connectivity index (χ1v) is 8.02. The smallest absolute Gasteiger partial charge is 0.224 e. The number of nitrogens with zero attached hydrogens (tertiary/aromatic N) is 2. The number of hydrogen-bond donors (Lipinski definition) is 1. The maximum atomic E-state index is 12.1. The predicted octanol–water partition coefficient (Wildman–Crippen LogP) is 1.07. The lowest BCUT2D eigenvalue weighted by Gasteiger charge is -2.56. The third-order valence-electron chi connectivity index (χ3n) is 5.35. The van der Waals surface area contributed by atoms with Gasteiger partial charge in [0.05, 0.1) is 0 Å². The van der Waals surface area contributed by atoms with E-state index in [2.05, 4.69) is 40.1 Å². The van der Waals surface area contributed by atoms with E-state index in [9.17, 15) is 4.79 Å². The maximum Gasteiger partial charge on any atom is 0.224 e. The SMILES string of the molecule is NC1CC(=O)N(C2C3CC2CN(Cc2ccccc2)C3)C1. The molecule has 0 radical (unpaired) electrons. The van der Waals surface area contributed by atoms with Gasteiger partial charge in [0.15, 0.2) is 0 Å². The highest BCUT2D eigenvalue weighted by Crippen LogP contribution is 2.44. The second kappa shape index (κ2) is 5.11. The summed E-state index contributed by atoms with van der Waals surface area (Å²) in [6, 6.07) is 11.2. The fourth-order valence-corrected chi connectivity index (χ4v) is 4.49. The van der Waals surface area contributed by atoms with Crippen molar-refractivity contribution in [3.05, 3.63) is 35.9 Å². The van der Waals surface area contributed by atoms with E-state index < -0.39 is 0 Å². The van der Waals surface area contributed by atoms with Crippen LogP contribution in [0, 0.1) is 11.8 Å². The molecule has 3 heterocycles. The van der Waals surface area contributed by atoms with Crippen molar-refractivity contribution in [2.75, 3.05) is 19.6 Å². The monoisotopic (exact) mass is 285 g/mol. The lowest BCUT2D eigenvalue weighted by Crippen LogP contribution is -2.64. The van der Waals surface area contributed by atoms with Gasteiger partial charge in [-0.1, -0.05) is 30.3 Å². The number of hydrogen-bond acceptors (Lipinski definition) is 3. The average molecular weight is 285 g/mol. The highest BCUT2D eigenvalue weighted by atomic mass is 16.2. The number of rotatable bonds is 3. The normalized spacial score (nSPS) is 35.9. The van der Waals surface area contributed by atoms with Gasteiger partial charge in [-0.25, -0.2) is 0 Å². The molecule has 3 unspecified atom stereocenters. The molecule has 4 heteroatoms. The van der Waals surface area contributed by atoms with E-state index in [0.717, 1.165) is 26.2 Å². The minimum Gasteiger partial charge on any atom is -0.337 e. The predicted molar refractivity (Wildman–Crippen MR) is 81.4 cm³/mol. The first kappa shape index (κ1) is 13.3. The second-order valence-electron chi connectivity index (χ2n) is 6.94. The van der Waals surface area contributed by atoms with Crippen LogP contribution < -0.4 is 5.73 Å². The topological polar surface area (TPSA) is 49.6 Å². The Labute approximate surface area is 125 Å². The summed E-state index contributed by atoms with van der Waals surface area (Å²) in [4.78, 5) is 16.7. The van der Waals surface area contributed by atoms with E-state index in [-0.39, 0.29) is 11.9 Å². The summed E-state index contributed by atoms with van der Waals surface area (Å²) in [5.41, 5.74) is 7.32. The molecule has 2 N–H and O–H groups in total. The zero-order valence-corrected chi connectivity index (χ0v) is 12.3. The van der Waals surface area contributed by atoms with Crippen LogP contribution in [0.2, 0.25) is 0 Å². The first-order chi connectivity index (χ1) is 10.2. The van der Waals surface area contributed by atoms with E-state index in [1.807, 2.05) is 0 Å². The maximum absolute atomic E-state index is 12.1. The summed E-state index contributed by atoms with van der Waals surface area (Å²) >= 11 is 0. The van der Waals surface area contributed by atoms with Crippen molar-refractivity contribution in [1.29, 1.82) is 0 Å². The molecule has 4 aliphatic rings. The zero-order valence-electron chi connectivity index (χ0n) is 12.3. The number of fused-ring (bicyclic) bond motifs is 2. The Morgan fingerprint density at radius 3 is 2.43 bits per heavy atom. The van der Waals surface area contributed by atoms with Crippen molar-refractivity contribution in [3.8, 4) is 0 Å². The van der Waals surface area contributed by atoms with Gasteiger partial charge in [0.2, 0.25) is 5.91 Å². The van der Waals surface area contributed by atoms with E-state index in [1.165, 1.54) is 12.0 Å². The summed E-state index contributed by atoms with van der Waals surface area (Å²) < 4.78 is 0. The largest absolute Gasteiger partial charge is 0.337 e. The highest BCUT2D eigenvalue weighted by Gasteiger charge is 2.51. The minimum atomic E-state index is 0.0549. The number of likely N-dealkylation sites (tertiary alicyclic amines) is 1. The molecule has 112 valence electrons. The van der Waals surface area contributed by atoms with Crippen LogP contribution in [0.15, 0.2) is 30.3 Å². The standard InChI is InChI=1S/C17H23N3O/c18-15-7-16(21)20(11-15)17-13-6-14(17)10-19(9-13)8-12-4-2-1-3-5-12/h1-5,13-15,17H,6-11,18H2. The molecule has 4 fully saturated rings. The molecule has 4 nitrogen and oxygen atoms in total. The van der Waals surface area contributed by atoms with E-state index in [0.29, 0.717) is 24.3 Å². The van der Waals surface area contributed by atoms with Gasteiger partial charge in [-0.3, -0.25) is 9.69 Å². The van der Waals surface area contributed by atoms with Gasteiger partial charge in [0.25, 0.3) is 0 Å². The number of benzene rings is 1. The molecule has 1 aromatic carbocycles. The average Bonchev–Trinajstić information content (AvgIpc) is 2.78.